The fourth-order valence-corrected chi connectivity index (χ4v) is 8.50. The van der Waals surface area contributed by atoms with Gasteiger partial charge in [0, 0.05) is 32.3 Å². The molecule has 204 valence electrons. The second-order valence-corrected chi connectivity index (χ2v) is 13.2. The van der Waals surface area contributed by atoms with Gasteiger partial charge in [-0.3, -0.25) is 0 Å². The first-order valence-electron chi connectivity index (χ1n) is 14.9. The molecule has 1 nitrogen and oxygen atoms in total. The van der Waals surface area contributed by atoms with Crippen LogP contribution in [-0.2, 0) is 5.41 Å². The smallest absolute Gasteiger partial charge is 0.0640 e. The maximum Gasteiger partial charge on any atom is 0.0640 e. The van der Waals surface area contributed by atoms with E-state index in [0.29, 0.717) is 0 Å². The van der Waals surface area contributed by atoms with Gasteiger partial charge in [-0.1, -0.05) is 105 Å². The summed E-state index contributed by atoms with van der Waals surface area (Å²) in [7, 11) is 0. The Balaban J connectivity index is 1.30. The van der Waals surface area contributed by atoms with E-state index in [4.69, 9.17) is 0 Å². The molecule has 0 saturated heterocycles. The average Bonchev–Trinajstić information content (AvgIpc) is 3.54. The van der Waals surface area contributed by atoms with Gasteiger partial charge >= 0.3 is 0 Å². The van der Waals surface area contributed by atoms with Crippen LogP contribution < -0.4 is 4.90 Å². The Morgan fingerprint density at radius 2 is 1.21 bits per heavy atom. The lowest BCUT2D eigenvalue weighted by molar-refractivity contribution is 0.661. The van der Waals surface area contributed by atoms with Crippen LogP contribution in [0, 0.1) is 0 Å². The Morgan fingerprint density at radius 3 is 2.12 bits per heavy atom. The molecule has 1 aliphatic carbocycles. The third-order valence-corrected chi connectivity index (χ3v) is 10.6. The molecule has 1 aliphatic rings. The number of thiophene rings is 1. The van der Waals surface area contributed by atoms with Crippen molar-refractivity contribution in [3.05, 3.63) is 151 Å². The van der Waals surface area contributed by atoms with Crippen LogP contribution in [0.5, 0.6) is 0 Å². The molecule has 0 radical (unpaired) electrons. The molecular formula is C41H29NS. The topological polar surface area (TPSA) is 3.24 Å². The van der Waals surface area contributed by atoms with Gasteiger partial charge < -0.3 is 4.90 Å². The number of nitrogens with zero attached hydrogens (tertiary/aromatic N) is 1. The summed E-state index contributed by atoms with van der Waals surface area (Å²) in [6.07, 6.45) is 0. The van der Waals surface area contributed by atoms with Crippen molar-refractivity contribution in [3.63, 3.8) is 0 Å². The summed E-state index contributed by atoms with van der Waals surface area (Å²) < 4.78 is 2.63. The van der Waals surface area contributed by atoms with Crippen LogP contribution in [0.3, 0.4) is 0 Å². The number of hydrogen-bond acceptors (Lipinski definition) is 2. The van der Waals surface area contributed by atoms with Crippen molar-refractivity contribution >= 4 is 70.1 Å². The summed E-state index contributed by atoms with van der Waals surface area (Å²) >= 11 is 1.88. The predicted octanol–water partition coefficient (Wildman–Crippen LogP) is 12.1. The molecule has 0 unspecified atom stereocenters. The summed E-state index contributed by atoms with van der Waals surface area (Å²) in [5, 5.41) is 7.77. The zero-order valence-corrected chi connectivity index (χ0v) is 25.0. The monoisotopic (exact) mass is 567 g/mol. The Bertz CT molecular complexity index is 2380. The summed E-state index contributed by atoms with van der Waals surface area (Å²) in [5.41, 5.74) is 9.06. The normalized spacial score (nSPS) is 13.5. The molecular weight excluding hydrogens is 539 g/mol. The van der Waals surface area contributed by atoms with Crippen molar-refractivity contribution in [2.75, 3.05) is 4.90 Å². The van der Waals surface area contributed by atoms with Gasteiger partial charge in [-0.05, 0) is 92.3 Å². The van der Waals surface area contributed by atoms with Gasteiger partial charge in [0.2, 0.25) is 0 Å². The number of hydrogen-bond donors (Lipinski definition) is 0. The van der Waals surface area contributed by atoms with E-state index in [1.165, 1.54) is 75.3 Å². The van der Waals surface area contributed by atoms with Gasteiger partial charge in [0.25, 0.3) is 0 Å². The highest BCUT2D eigenvalue weighted by molar-refractivity contribution is 7.26. The Morgan fingerprint density at radius 1 is 0.488 bits per heavy atom. The van der Waals surface area contributed by atoms with Crippen molar-refractivity contribution in [2.24, 2.45) is 0 Å². The van der Waals surface area contributed by atoms with E-state index in [2.05, 4.69) is 158 Å². The fraction of sp³-hybridized carbons (Fsp3) is 0.0732. The zero-order valence-electron chi connectivity index (χ0n) is 24.1. The number of benzene rings is 7. The second-order valence-electron chi connectivity index (χ2n) is 12.2. The van der Waals surface area contributed by atoms with Crippen molar-refractivity contribution in [1.29, 1.82) is 0 Å². The first-order chi connectivity index (χ1) is 21.1. The molecule has 7 aromatic carbocycles. The molecule has 1 aromatic heterocycles. The van der Waals surface area contributed by atoms with E-state index in [9.17, 15) is 0 Å². The van der Waals surface area contributed by atoms with Gasteiger partial charge in [-0.25, -0.2) is 0 Å². The third kappa shape index (κ3) is 3.57. The highest BCUT2D eigenvalue weighted by Gasteiger charge is 2.35. The van der Waals surface area contributed by atoms with Crippen molar-refractivity contribution in [1.82, 2.24) is 0 Å². The minimum Gasteiger partial charge on any atom is -0.309 e. The molecule has 0 fully saturated rings. The van der Waals surface area contributed by atoms with E-state index < -0.39 is 0 Å². The largest absolute Gasteiger partial charge is 0.309 e. The molecule has 0 aliphatic heterocycles. The molecule has 0 bridgehead atoms. The average molecular weight is 568 g/mol. The highest BCUT2D eigenvalue weighted by Crippen LogP contribution is 2.51. The molecule has 0 atom stereocenters. The van der Waals surface area contributed by atoms with Crippen LogP contribution in [0.4, 0.5) is 17.1 Å². The quantitative estimate of drug-likeness (QED) is 0.192. The van der Waals surface area contributed by atoms with E-state index >= 15 is 0 Å². The van der Waals surface area contributed by atoms with Crippen LogP contribution in [0.25, 0.3) is 52.8 Å². The van der Waals surface area contributed by atoms with Gasteiger partial charge in [-0.15, -0.1) is 11.3 Å². The van der Waals surface area contributed by atoms with E-state index in [1.54, 1.807) is 0 Å². The third-order valence-electron chi connectivity index (χ3n) is 9.42. The van der Waals surface area contributed by atoms with Crippen LogP contribution in [-0.4, -0.2) is 0 Å². The molecule has 0 saturated carbocycles. The SMILES string of the molecule is CC1(C)c2ccccc2-c2cc3ccc4ccc(N(c5ccccc5)c5cccc6c5sc5ccccc56)cc4c3cc21. The standard InChI is InChI=1S/C41H29NS/c1-41(2)36-16-8-6-13-30(36)35-23-27-20-19-26-21-22-29(24-33(26)34(27)25-37(35)41)42(28-11-4-3-5-12-28)38-17-10-15-32-31-14-7-9-18-39(31)43-40(32)38/h3-25H,1-2H3. The van der Waals surface area contributed by atoms with Gasteiger partial charge in [0.05, 0.1) is 10.4 Å². The molecule has 2 heteroatoms. The van der Waals surface area contributed by atoms with Gasteiger partial charge in [0.1, 0.15) is 0 Å². The highest BCUT2D eigenvalue weighted by atomic mass is 32.1. The number of rotatable bonds is 3. The second kappa shape index (κ2) is 9.04. The Labute approximate surface area is 255 Å². The van der Waals surface area contributed by atoms with Gasteiger partial charge in [-0.2, -0.15) is 0 Å². The Hall–Kier alpha value is -4.92. The zero-order chi connectivity index (χ0) is 28.7. The number of anilines is 3. The minimum atomic E-state index is -0.0349. The molecule has 0 amide bonds. The molecule has 0 spiro atoms. The molecule has 9 rings (SSSR count). The van der Waals surface area contributed by atoms with Crippen LogP contribution in [0.2, 0.25) is 0 Å². The van der Waals surface area contributed by atoms with Gasteiger partial charge in [0.15, 0.2) is 0 Å². The lowest BCUT2D eigenvalue weighted by atomic mass is 9.81. The van der Waals surface area contributed by atoms with E-state index in [0.717, 1.165) is 5.69 Å². The molecule has 0 N–H and O–H groups in total. The van der Waals surface area contributed by atoms with Crippen LogP contribution in [0.15, 0.2) is 140 Å². The number of para-hydroxylation sites is 1. The maximum absolute atomic E-state index is 2.47. The van der Waals surface area contributed by atoms with E-state index in [-0.39, 0.29) is 5.41 Å². The lowest BCUT2D eigenvalue weighted by Crippen LogP contribution is -2.14. The summed E-state index contributed by atoms with van der Waals surface area (Å²) in [6, 6.07) is 51.6. The molecule has 43 heavy (non-hydrogen) atoms. The lowest BCUT2D eigenvalue weighted by Gasteiger charge is -2.26. The summed E-state index contributed by atoms with van der Waals surface area (Å²) in [5.74, 6) is 0. The van der Waals surface area contributed by atoms with Crippen molar-refractivity contribution in [2.45, 2.75) is 19.3 Å². The predicted molar refractivity (Wildman–Crippen MR) is 187 cm³/mol. The fourth-order valence-electron chi connectivity index (χ4n) is 7.29. The van der Waals surface area contributed by atoms with Crippen molar-refractivity contribution in [3.8, 4) is 11.1 Å². The molecule has 1 heterocycles. The summed E-state index contributed by atoms with van der Waals surface area (Å²) in [4.78, 5) is 2.43. The maximum atomic E-state index is 2.47. The van der Waals surface area contributed by atoms with E-state index in [1.807, 2.05) is 11.3 Å². The van der Waals surface area contributed by atoms with Crippen LogP contribution in [0.1, 0.15) is 25.0 Å². The first kappa shape index (κ1) is 24.7. The van der Waals surface area contributed by atoms with Crippen LogP contribution >= 0.6 is 11.3 Å². The van der Waals surface area contributed by atoms with Crippen molar-refractivity contribution < 1.29 is 0 Å². The Kier molecular flexibility index (Phi) is 5.18. The summed E-state index contributed by atoms with van der Waals surface area (Å²) in [6.45, 7) is 4.73. The number of fused-ring (bicyclic) bond motifs is 9. The minimum absolute atomic E-state index is 0.0349. The first-order valence-corrected chi connectivity index (χ1v) is 15.8. The molecule has 8 aromatic rings.